The minimum atomic E-state index is 0.682. The van der Waals surface area contributed by atoms with E-state index in [9.17, 15) is 0 Å². The first-order chi connectivity index (χ1) is 6.16. The zero-order valence-electron chi connectivity index (χ0n) is 9.09. The molecule has 2 heteroatoms. The molecule has 0 bridgehead atoms. The lowest BCUT2D eigenvalue weighted by molar-refractivity contribution is 0.125. The number of piperazine rings is 1. The van der Waals surface area contributed by atoms with Crippen LogP contribution in [0, 0.1) is 5.92 Å². The molecule has 0 aromatic carbocycles. The van der Waals surface area contributed by atoms with Crippen LogP contribution in [0.4, 0.5) is 0 Å². The van der Waals surface area contributed by atoms with Gasteiger partial charge in [-0.05, 0) is 39.5 Å². The van der Waals surface area contributed by atoms with Crippen LogP contribution in [0.1, 0.15) is 33.6 Å². The second-order valence-corrected chi connectivity index (χ2v) is 5.06. The Labute approximate surface area is 81.7 Å². The Balaban J connectivity index is 1.92. The molecule has 0 amide bonds. The first kappa shape index (κ1) is 9.47. The summed E-state index contributed by atoms with van der Waals surface area (Å²) in [7, 11) is 0. The van der Waals surface area contributed by atoms with Gasteiger partial charge in [0.1, 0.15) is 0 Å². The van der Waals surface area contributed by atoms with Gasteiger partial charge in [0.05, 0.1) is 0 Å². The van der Waals surface area contributed by atoms with E-state index in [0.29, 0.717) is 12.1 Å². The van der Waals surface area contributed by atoms with E-state index >= 15 is 0 Å². The summed E-state index contributed by atoms with van der Waals surface area (Å²) in [6.07, 6.45) is 2.91. The van der Waals surface area contributed by atoms with E-state index in [4.69, 9.17) is 0 Å². The van der Waals surface area contributed by atoms with Crippen molar-refractivity contribution in [1.29, 1.82) is 0 Å². The van der Waals surface area contributed by atoms with Crippen molar-refractivity contribution in [3.05, 3.63) is 0 Å². The highest BCUT2D eigenvalue weighted by Gasteiger charge is 2.36. The lowest BCUT2D eigenvalue weighted by Gasteiger charge is -2.40. The Hall–Kier alpha value is -0.0800. The third kappa shape index (κ3) is 2.23. The smallest absolute Gasteiger partial charge is 0.0226 e. The standard InChI is InChI=1S/C11H22N2/c1-8(2)13-6-9(3)12-11(7-13)10-4-5-10/h8-12H,4-7H2,1-3H3/t9-,11-/m1/s1. The molecule has 1 aliphatic carbocycles. The monoisotopic (exact) mass is 182 g/mol. The highest BCUT2D eigenvalue weighted by atomic mass is 15.2. The lowest BCUT2D eigenvalue weighted by Crippen LogP contribution is -2.57. The van der Waals surface area contributed by atoms with Crippen molar-refractivity contribution in [2.24, 2.45) is 5.92 Å². The van der Waals surface area contributed by atoms with E-state index in [-0.39, 0.29) is 0 Å². The lowest BCUT2D eigenvalue weighted by atomic mass is 10.1. The molecule has 2 aliphatic rings. The molecule has 1 saturated heterocycles. The van der Waals surface area contributed by atoms with Gasteiger partial charge in [-0.25, -0.2) is 0 Å². The highest BCUT2D eigenvalue weighted by Crippen LogP contribution is 2.34. The van der Waals surface area contributed by atoms with Crippen LogP contribution in [0.3, 0.4) is 0 Å². The molecule has 2 fully saturated rings. The maximum atomic E-state index is 3.72. The third-order valence-corrected chi connectivity index (χ3v) is 3.36. The molecule has 1 aliphatic heterocycles. The molecule has 0 aromatic heterocycles. The molecule has 1 N–H and O–H groups in total. The minimum Gasteiger partial charge on any atom is -0.309 e. The molecule has 0 spiro atoms. The van der Waals surface area contributed by atoms with Gasteiger partial charge in [-0.15, -0.1) is 0 Å². The molecule has 0 aromatic rings. The molecular formula is C11H22N2. The van der Waals surface area contributed by atoms with Crippen molar-refractivity contribution in [3.63, 3.8) is 0 Å². The predicted molar refractivity (Wildman–Crippen MR) is 55.8 cm³/mol. The average Bonchev–Trinajstić information content (AvgIpc) is 2.85. The Morgan fingerprint density at radius 2 is 1.92 bits per heavy atom. The summed E-state index contributed by atoms with van der Waals surface area (Å²) in [5.74, 6) is 0.990. The van der Waals surface area contributed by atoms with Gasteiger partial charge in [0, 0.05) is 31.2 Å². The van der Waals surface area contributed by atoms with Crippen molar-refractivity contribution < 1.29 is 0 Å². The summed E-state index contributed by atoms with van der Waals surface area (Å²) in [5.41, 5.74) is 0. The van der Waals surface area contributed by atoms with Crippen LogP contribution in [0.15, 0.2) is 0 Å². The first-order valence-corrected chi connectivity index (χ1v) is 5.67. The van der Waals surface area contributed by atoms with Crippen molar-refractivity contribution in [2.75, 3.05) is 13.1 Å². The number of hydrogen-bond acceptors (Lipinski definition) is 2. The van der Waals surface area contributed by atoms with Crippen LogP contribution >= 0.6 is 0 Å². The molecule has 1 heterocycles. The van der Waals surface area contributed by atoms with Crippen molar-refractivity contribution in [2.45, 2.75) is 51.7 Å². The molecule has 13 heavy (non-hydrogen) atoms. The van der Waals surface area contributed by atoms with Crippen LogP contribution in [0.25, 0.3) is 0 Å². The second kappa shape index (κ2) is 3.58. The average molecular weight is 182 g/mol. The summed E-state index contributed by atoms with van der Waals surface area (Å²) in [6, 6.07) is 2.18. The maximum Gasteiger partial charge on any atom is 0.0226 e. The third-order valence-electron chi connectivity index (χ3n) is 3.36. The fourth-order valence-corrected chi connectivity index (χ4v) is 2.36. The summed E-state index contributed by atoms with van der Waals surface area (Å²) >= 11 is 0. The number of hydrogen-bond donors (Lipinski definition) is 1. The Morgan fingerprint density at radius 3 is 2.46 bits per heavy atom. The van der Waals surface area contributed by atoms with Gasteiger partial charge < -0.3 is 5.32 Å². The van der Waals surface area contributed by atoms with E-state index in [1.165, 1.54) is 25.9 Å². The van der Waals surface area contributed by atoms with Gasteiger partial charge in [-0.1, -0.05) is 0 Å². The molecule has 2 nitrogen and oxygen atoms in total. The fraction of sp³-hybridized carbons (Fsp3) is 1.00. The number of rotatable bonds is 2. The van der Waals surface area contributed by atoms with E-state index < -0.39 is 0 Å². The van der Waals surface area contributed by atoms with Gasteiger partial charge >= 0.3 is 0 Å². The molecular weight excluding hydrogens is 160 g/mol. The largest absolute Gasteiger partial charge is 0.309 e. The zero-order valence-corrected chi connectivity index (χ0v) is 9.09. The number of nitrogens with one attached hydrogen (secondary N) is 1. The summed E-state index contributed by atoms with van der Waals surface area (Å²) < 4.78 is 0. The Morgan fingerprint density at radius 1 is 1.23 bits per heavy atom. The van der Waals surface area contributed by atoms with E-state index in [1.54, 1.807) is 0 Å². The summed E-state index contributed by atoms with van der Waals surface area (Å²) in [6.45, 7) is 9.42. The van der Waals surface area contributed by atoms with E-state index in [2.05, 4.69) is 31.0 Å². The van der Waals surface area contributed by atoms with Crippen LogP contribution in [-0.4, -0.2) is 36.1 Å². The molecule has 0 unspecified atom stereocenters. The van der Waals surface area contributed by atoms with Crippen molar-refractivity contribution in [1.82, 2.24) is 10.2 Å². The van der Waals surface area contributed by atoms with Gasteiger partial charge in [-0.2, -0.15) is 0 Å². The topological polar surface area (TPSA) is 15.3 Å². The molecule has 76 valence electrons. The Kier molecular flexibility index (Phi) is 2.61. The molecule has 1 saturated carbocycles. The van der Waals surface area contributed by atoms with Crippen molar-refractivity contribution in [3.8, 4) is 0 Å². The van der Waals surface area contributed by atoms with Gasteiger partial charge in [0.15, 0.2) is 0 Å². The van der Waals surface area contributed by atoms with Crippen LogP contribution < -0.4 is 5.32 Å². The quantitative estimate of drug-likeness (QED) is 0.695. The van der Waals surface area contributed by atoms with Gasteiger partial charge in [-0.3, -0.25) is 4.90 Å². The summed E-state index contributed by atoms with van der Waals surface area (Å²) in [4.78, 5) is 2.62. The highest BCUT2D eigenvalue weighted by molar-refractivity contribution is 4.94. The van der Waals surface area contributed by atoms with Crippen LogP contribution in [-0.2, 0) is 0 Å². The van der Waals surface area contributed by atoms with Gasteiger partial charge in [0.2, 0.25) is 0 Å². The zero-order chi connectivity index (χ0) is 9.42. The molecule has 2 atom stereocenters. The van der Waals surface area contributed by atoms with E-state index in [1.807, 2.05) is 0 Å². The van der Waals surface area contributed by atoms with Crippen LogP contribution in [0.5, 0.6) is 0 Å². The Bertz CT molecular complexity index is 165. The predicted octanol–water partition coefficient (Wildman–Crippen LogP) is 1.47. The van der Waals surface area contributed by atoms with Gasteiger partial charge in [0.25, 0.3) is 0 Å². The first-order valence-electron chi connectivity index (χ1n) is 5.67. The fourth-order valence-electron chi connectivity index (χ4n) is 2.36. The van der Waals surface area contributed by atoms with Crippen LogP contribution in [0.2, 0.25) is 0 Å². The summed E-state index contributed by atoms with van der Waals surface area (Å²) in [5, 5.41) is 3.72. The minimum absolute atomic E-state index is 0.682. The van der Waals surface area contributed by atoms with Crippen molar-refractivity contribution >= 4 is 0 Å². The molecule has 2 rings (SSSR count). The SMILES string of the molecule is CC(C)N1C[C@@H](C)N[C@@H](C2CC2)C1. The maximum absolute atomic E-state index is 3.72. The normalized spacial score (nSPS) is 36.9. The molecule has 0 radical (unpaired) electrons. The second-order valence-electron chi connectivity index (χ2n) is 5.06. The number of nitrogens with zero attached hydrogens (tertiary/aromatic N) is 1. The van der Waals surface area contributed by atoms with E-state index in [0.717, 1.165) is 12.0 Å².